The summed E-state index contributed by atoms with van der Waals surface area (Å²) in [6.07, 6.45) is 0. The molecule has 6 heteroatoms. The first kappa shape index (κ1) is 21.4. The molecule has 0 spiro atoms. The number of carbonyl (C=O) groups is 2. The molecule has 0 aromatic heterocycles. The normalized spacial score (nSPS) is 11.9. The fourth-order valence-electron chi connectivity index (χ4n) is 2.91. The summed E-state index contributed by atoms with van der Waals surface area (Å²) in [5, 5.41) is 8.60. The van der Waals surface area contributed by atoms with Gasteiger partial charge in [-0.2, -0.15) is 0 Å². The maximum absolute atomic E-state index is 12.5. The molecule has 1 atom stereocenters. The van der Waals surface area contributed by atoms with Gasteiger partial charge in [0.05, 0.1) is 20.6 Å². The molecule has 0 radical (unpaired) electrons. The molecule has 3 amide bonds. The molecule has 28 heavy (non-hydrogen) atoms. The van der Waals surface area contributed by atoms with Crippen molar-refractivity contribution in [3.05, 3.63) is 71.3 Å². The van der Waals surface area contributed by atoms with Crippen LogP contribution in [-0.4, -0.2) is 38.6 Å². The van der Waals surface area contributed by atoms with E-state index in [-0.39, 0.29) is 24.0 Å². The van der Waals surface area contributed by atoms with Gasteiger partial charge in [0.25, 0.3) is 5.91 Å². The summed E-state index contributed by atoms with van der Waals surface area (Å²) < 4.78 is 0. The molecule has 2 aromatic rings. The summed E-state index contributed by atoms with van der Waals surface area (Å²) >= 11 is 0. The zero-order valence-electron chi connectivity index (χ0n) is 17.1. The van der Waals surface area contributed by atoms with Gasteiger partial charge in [-0.05, 0) is 31.5 Å². The van der Waals surface area contributed by atoms with Crippen molar-refractivity contribution in [2.75, 3.05) is 20.6 Å². The molecule has 0 heterocycles. The minimum absolute atomic E-state index is 0.0924. The van der Waals surface area contributed by atoms with E-state index in [1.165, 1.54) is 10.5 Å². The number of hydrogen-bond acceptors (Lipinski definition) is 2. The Labute approximate surface area is 167 Å². The van der Waals surface area contributed by atoms with E-state index < -0.39 is 0 Å². The summed E-state index contributed by atoms with van der Waals surface area (Å²) in [7, 11) is 4.17. The number of nitrogens with one attached hydrogen (secondary N) is 4. The number of carbonyl (C=O) groups excluding carboxylic acids is 2. The third-order valence-corrected chi connectivity index (χ3v) is 4.45. The van der Waals surface area contributed by atoms with Crippen LogP contribution in [-0.2, 0) is 6.54 Å². The first-order valence-electron chi connectivity index (χ1n) is 9.63. The SMILES string of the molecule is CC(C)NC(=O)NCc1ccc(C(=O)NC[C@H](c2ccccc2)[NH+](C)C)cc1. The van der Waals surface area contributed by atoms with Crippen LogP contribution in [0.15, 0.2) is 54.6 Å². The molecular formula is C22H31N4O2+. The lowest BCUT2D eigenvalue weighted by Crippen LogP contribution is -3.07. The quantitative estimate of drug-likeness (QED) is 0.558. The van der Waals surface area contributed by atoms with E-state index in [1.54, 1.807) is 12.1 Å². The Kier molecular flexibility index (Phi) is 8.02. The van der Waals surface area contributed by atoms with E-state index >= 15 is 0 Å². The first-order valence-corrected chi connectivity index (χ1v) is 9.63. The highest BCUT2D eigenvalue weighted by Gasteiger charge is 2.18. The third kappa shape index (κ3) is 6.70. The van der Waals surface area contributed by atoms with Gasteiger partial charge in [0.1, 0.15) is 6.04 Å². The zero-order valence-corrected chi connectivity index (χ0v) is 17.1. The summed E-state index contributed by atoms with van der Waals surface area (Å²) in [6.45, 7) is 4.80. The molecule has 0 saturated carbocycles. The van der Waals surface area contributed by atoms with Crippen LogP contribution >= 0.6 is 0 Å². The van der Waals surface area contributed by atoms with E-state index in [2.05, 4.69) is 42.2 Å². The highest BCUT2D eigenvalue weighted by molar-refractivity contribution is 5.94. The van der Waals surface area contributed by atoms with E-state index in [0.717, 1.165) is 5.56 Å². The largest absolute Gasteiger partial charge is 0.346 e. The number of rotatable bonds is 8. The molecule has 0 aliphatic carbocycles. The molecule has 0 aliphatic heterocycles. The van der Waals surface area contributed by atoms with Crippen LogP contribution < -0.4 is 20.9 Å². The van der Waals surface area contributed by atoms with E-state index in [4.69, 9.17) is 0 Å². The number of benzene rings is 2. The second-order valence-corrected chi connectivity index (χ2v) is 7.43. The van der Waals surface area contributed by atoms with Crippen LogP contribution in [0, 0.1) is 0 Å². The molecule has 0 bridgehead atoms. The van der Waals surface area contributed by atoms with Crippen molar-refractivity contribution in [3.8, 4) is 0 Å². The van der Waals surface area contributed by atoms with Gasteiger partial charge in [-0.1, -0.05) is 42.5 Å². The molecule has 0 fully saturated rings. The van der Waals surface area contributed by atoms with Crippen LogP contribution in [0.25, 0.3) is 0 Å². The van der Waals surface area contributed by atoms with Gasteiger partial charge >= 0.3 is 6.03 Å². The lowest BCUT2D eigenvalue weighted by atomic mass is 10.1. The first-order chi connectivity index (χ1) is 13.4. The Morgan fingerprint density at radius 1 is 0.929 bits per heavy atom. The predicted octanol–water partition coefficient (Wildman–Crippen LogP) is 1.51. The number of urea groups is 1. The number of amides is 3. The molecule has 0 aliphatic rings. The summed E-state index contributed by atoms with van der Waals surface area (Å²) in [6, 6.07) is 17.6. The molecule has 2 rings (SSSR count). The van der Waals surface area contributed by atoms with Crippen molar-refractivity contribution in [3.63, 3.8) is 0 Å². The number of hydrogen-bond donors (Lipinski definition) is 4. The minimum atomic E-state index is -0.199. The Morgan fingerprint density at radius 3 is 2.14 bits per heavy atom. The Bertz CT molecular complexity index is 758. The Hall–Kier alpha value is -2.86. The van der Waals surface area contributed by atoms with Crippen molar-refractivity contribution in [2.24, 2.45) is 0 Å². The average molecular weight is 384 g/mol. The summed E-state index contributed by atoms with van der Waals surface area (Å²) in [5.74, 6) is -0.0979. The van der Waals surface area contributed by atoms with Gasteiger partial charge in [-0.15, -0.1) is 0 Å². The maximum atomic E-state index is 12.5. The number of likely N-dealkylation sites (N-methyl/N-ethyl adjacent to an activating group) is 1. The van der Waals surface area contributed by atoms with Crippen LogP contribution in [0.4, 0.5) is 4.79 Å². The standard InChI is InChI=1S/C22H30N4O2/c1-16(2)25-22(28)24-14-17-10-12-19(13-11-17)21(27)23-15-20(26(3)4)18-8-6-5-7-9-18/h5-13,16,20H,14-15H2,1-4H3,(H,23,27)(H2,24,25,28)/p+1/t20-/m1/s1. The van der Waals surface area contributed by atoms with E-state index in [9.17, 15) is 9.59 Å². The van der Waals surface area contributed by atoms with Gasteiger partial charge in [0.15, 0.2) is 0 Å². The van der Waals surface area contributed by atoms with Gasteiger partial charge < -0.3 is 20.9 Å². The second-order valence-electron chi connectivity index (χ2n) is 7.43. The molecule has 6 nitrogen and oxygen atoms in total. The fourth-order valence-corrected chi connectivity index (χ4v) is 2.91. The van der Waals surface area contributed by atoms with E-state index in [1.807, 2.05) is 44.2 Å². The van der Waals surface area contributed by atoms with Crippen molar-refractivity contribution in [2.45, 2.75) is 32.5 Å². The van der Waals surface area contributed by atoms with Crippen molar-refractivity contribution >= 4 is 11.9 Å². The molecule has 0 saturated heterocycles. The van der Waals surface area contributed by atoms with Crippen molar-refractivity contribution in [1.82, 2.24) is 16.0 Å². The van der Waals surface area contributed by atoms with Crippen LogP contribution in [0.3, 0.4) is 0 Å². The van der Waals surface area contributed by atoms with Crippen LogP contribution in [0.5, 0.6) is 0 Å². The average Bonchev–Trinajstić information content (AvgIpc) is 2.67. The van der Waals surface area contributed by atoms with Crippen molar-refractivity contribution in [1.29, 1.82) is 0 Å². The third-order valence-electron chi connectivity index (χ3n) is 4.45. The molecular weight excluding hydrogens is 352 g/mol. The van der Waals surface area contributed by atoms with E-state index in [0.29, 0.717) is 18.7 Å². The maximum Gasteiger partial charge on any atom is 0.315 e. The topological polar surface area (TPSA) is 74.7 Å². The minimum Gasteiger partial charge on any atom is -0.346 e. The summed E-state index contributed by atoms with van der Waals surface area (Å²) in [5.41, 5.74) is 2.75. The monoisotopic (exact) mass is 383 g/mol. The highest BCUT2D eigenvalue weighted by Crippen LogP contribution is 2.09. The molecule has 0 unspecified atom stereocenters. The summed E-state index contributed by atoms with van der Waals surface area (Å²) in [4.78, 5) is 25.4. The highest BCUT2D eigenvalue weighted by atomic mass is 16.2. The fraction of sp³-hybridized carbons (Fsp3) is 0.364. The Balaban J connectivity index is 1.89. The number of quaternary nitrogens is 1. The lowest BCUT2D eigenvalue weighted by molar-refractivity contribution is -0.890. The second kappa shape index (κ2) is 10.5. The van der Waals surface area contributed by atoms with Gasteiger partial charge in [-0.25, -0.2) is 4.79 Å². The lowest BCUT2D eigenvalue weighted by Gasteiger charge is -2.22. The smallest absolute Gasteiger partial charge is 0.315 e. The van der Waals surface area contributed by atoms with Gasteiger partial charge in [0.2, 0.25) is 0 Å². The van der Waals surface area contributed by atoms with Gasteiger partial charge in [-0.3, -0.25) is 4.79 Å². The van der Waals surface area contributed by atoms with Crippen LogP contribution in [0.1, 0.15) is 41.4 Å². The van der Waals surface area contributed by atoms with Crippen molar-refractivity contribution < 1.29 is 14.5 Å². The zero-order chi connectivity index (χ0) is 20.5. The Morgan fingerprint density at radius 2 is 1.57 bits per heavy atom. The van der Waals surface area contributed by atoms with Gasteiger partial charge in [0, 0.05) is 23.7 Å². The van der Waals surface area contributed by atoms with Crippen LogP contribution in [0.2, 0.25) is 0 Å². The molecule has 4 N–H and O–H groups in total. The molecule has 150 valence electrons. The molecule has 2 aromatic carbocycles. The predicted molar refractivity (Wildman–Crippen MR) is 111 cm³/mol.